The maximum atomic E-state index is 11.6. The fourth-order valence-corrected chi connectivity index (χ4v) is 6.18. The number of ether oxygens (including phenoxy) is 3. The molecule has 17 nitrogen and oxygen atoms in total. The number of Topliss-reactive ketones (excluding diaryl/α,β-unsaturated/α-hetero) is 2. The molecule has 0 radical (unpaired) electrons. The minimum Gasteiger partial charge on any atom is -0.478 e. The van der Waals surface area contributed by atoms with Crippen LogP contribution in [-0.2, 0) is 23.8 Å². The standard InChI is InChI=1S/C11H15NO3.C10H14N2.C9H9NO2.C8H10N2O2.C6H5NO2.C5H11BrO/c1-14-11(15-2)6-5-10(13)9-4-3-7-12-8-9;1-12-7-3-5-10(12)9-4-2-6-11-8-9;11-6-2-4-9(12)8-3-1-5-10-7-8;1-10(12-2)8(11)7-4-3-5-9-6-7;8-6(9)5-2-1-3-7-4-5;1-5(7-2)3-4-6/h3-4,7-8,11H,5-6H2,1-2H3;2,4,6,8,10H,3,5,7H2,1H3;1,3,5-7H,2,4H2;3-6H,1-2H3;1-4H,(H,8,9);5H,3-4H2,1-2H3. The average Bonchev–Trinajstić information content (AvgIpc) is 3.83. The quantitative estimate of drug-likeness (QED) is 0.0307. The monoisotopic (exact) mass is 989 g/mol. The van der Waals surface area contributed by atoms with Gasteiger partial charge in [0.15, 0.2) is 17.9 Å². The van der Waals surface area contributed by atoms with E-state index >= 15 is 0 Å². The van der Waals surface area contributed by atoms with Gasteiger partial charge in [0.2, 0.25) is 0 Å². The second-order valence-corrected chi connectivity index (χ2v) is 15.0. The summed E-state index contributed by atoms with van der Waals surface area (Å²) in [4.78, 5) is 80.7. The van der Waals surface area contributed by atoms with Crippen LogP contribution in [0.3, 0.4) is 0 Å². The zero-order chi connectivity index (χ0) is 49.7. The van der Waals surface area contributed by atoms with Crippen molar-refractivity contribution in [3.8, 4) is 0 Å². The smallest absolute Gasteiger partial charge is 0.337 e. The zero-order valence-corrected chi connectivity index (χ0v) is 40.9. The van der Waals surface area contributed by atoms with Crippen LogP contribution >= 0.6 is 15.9 Å². The first-order valence-electron chi connectivity index (χ1n) is 21.3. The van der Waals surface area contributed by atoms with Crippen LogP contribution in [0.4, 0.5) is 0 Å². The molecule has 1 N–H and O–H groups in total. The number of hydrogen-bond acceptors (Lipinski definition) is 15. The van der Waals surface area contributed by atoms with Crippen LogP contribution in [0.2, 0.25) is 0 Å². The van der Waals surface area contributed by atoms with Crippen molar-refractivity contribution in [1.29, 1.82) is 0 Å². The Morgan fingerprint density at radius 3 is 1.55 bits per heavy atom. The van der Waals surface area contributed by atoms with Crippen molar-refractivity contribution in [2.75, 3.05) is 54.4 Å². The van der Waals surface area contributed by atoms with Gasteiger partial charge in [0.25, 0.3) is 5.91 Å². The lowest BCUT2D eigenvalue weighted by atomic mass is 10.1. The molecule has 0 saturated carbocycles. The molecule has 1 aliphatic heterocycles. The Balaban J connectivity index is 0.000000407. The number of carbonyl (C=O) groups is 5. The van der Waals surface area contributed by atoms with Crippen LogP contribution in [-0.4, -0.2) is 137 Å². The molecule has 0 bridgehead atoms. The summed E-state index contributed by atoms with van der Waals surface area (Å²) in [6.45, 7) is 3.28. The molecule has 362 valence electrons. The number of aldehydes is 1. The predicted molar refractivity (Wildman–Crippen MR) is 258 cm³/mol. The van der Waals surface area contributed by atoms with Gasteiger partial charge in [-0.1, -0.05) is 22.0 Å². The van der Waals surface area contributed by atoms with Crippen LogP contribution in [0.15, 0.2) is 123 Å². The van der Waals surface area contributed by atoms with Crippen LogP contribution in [0.5, 0.6) is 0 Å². The molecule has 1 amide bonds. The summed E-state index contributed by atoms with van der Waals surface area (Å²) in [5, 5.41) is 10.5. The van der Waals surface area contributed by atoms with E-state index in [0.29, 0.717) is 41.7 Å². The minimum absolute atomic E-state index is 0.0322. The number of halogens is 1. The van der Waals surface area contributed by atoms with E-state index < -0.39 is 5.97 Å². The highest BCUT2D eigenvalue weighted by atomic mass is 79.9. The number of nitrogens with zero attached hydrogens (tertiary/aromatic N) is 7. The molecule has 5 aromatic rings. The molecular formula is C49H64BrN7O10. The fourth-order valence-electron chi connectivity index (χ4n) is 5.53. The molecule has 2 atom stereocenters. The number of hydrogen-bond donors (Lipinski definition) is 1. The Morgan fingerprint density at radius 1 is 0.731 bits per heavy atom. The number of aromatic nitrogens is 5. The summed E-state index contributed by atoms with van der Waals surface area (Å²) in [7, 11) is 10.0. The Kier molecular flexibility index (Phi) is 32.7. The van der Waals surface area contributed by atoms with Gasteiger partial charge in [0.1, 0.15) is 6.29 Å². The molecule has 0 aromatic carbocycles. The van der Waals surface area contributed by atoms with E-state index in [1.54, 1.807) is 95.6 Å². The molecular weight excluding hydrogens is 926 g/mol. The van der Waals surface area contributed by atoms with Gasteiger partial charge in [-0.2, -0.15) is 0 Å². The summed E-state index contributed by atoms with van der Waals surface area (Å²) >= 11 is 3.31. The van der Waals surface area contributed by atoms with E-state index in [2.05, 4.69) is 65.8 Å². The molecule has 2 unspecified atom stereocenters. The number of aromatic carboxylic acids is 1. The Morgan fingerprint density at radius 2 is 1.21 bits per heavy atom. The normalized spacial score (nSPS) is 12.8. The van der Waals surface area contributed by atoms with Crippen molar-refractivity contribution < 1.29 is 48.1 Å². The van der Waals surface area contributed by atoms with Crippen molar-refractivity contribution in [1.82, 2.24) is 34.9 Å². The van der Waals surface area contributed by atoms with Crippen molar-refractivity contribution in [2.45, 2.75) is 70.3 Å². The second-order valence-electron chi connectivity index (χ2n) is 14.2. The Hall–Kier alpha value is -6.02. The number of hydroxylamine groups is 2. The summed E-state index contributed by atoms with van der Waals surface area (Å²) in [5.41, 5.74) is 3.29. The van der Waals surface area contributed by atoms with Crippen LogP contribution < -0.4 is 0 Å². The van der Waals surface area contributed by atoms with E-state index in [1.807, 2.05) is 18.5 Å². The molecule has 0 spiro atoms. The van der Waals surface area contributed by atoms with E-state index in [1.165, 1.54) is 62.9 Å². The molecule has 5 aromatic heterocycles. The highest BCUT2D eigenvalue weighted by molar-refractivity contribution is 9.09. The van der Waals surface area contributed by atoms with E-state index in [-0.39, 0.29) is 42.2 Å². The lowest BCUT2D eigenvalue weighted by Gasteiger charge is -2.18. The van der Waals surface area contributed by atoms with Gasteiger partial charge in [0, 0.05) is 139 Å². The molecule has 1 fully saturated rings. The molecule has 0 aliphatic carbocycles. The third kappa shape index (κ3) is 26.0. The summed E-state index contributed by atoms with van der Waals surface area (Å²) in [6, 6.07) is 18.2. The summed E-state index contributed by atoms with van der Waals surface area (Å²) < 4.78 is 15.0. The predicted octanol–water partition coefficient (Wildman–Crippen LogP) is 8.06. The Bertz CT molecular complexity index is 2060. The van der Waals surface area contributed by atoms with E-state index in [9.17, 15) is 24.0 Å². The summed E-state index contributed by atoms with van der Waals surface area (Å²) in [6.07, 6.45) is 22.1. The molecule has 6 rings (SSSR count). The first kappa shape index (κ1) is 59.0. The lowest BCUT2D eigenvalue weighted by molar-refractivity contribution is -0.107. The number of carbonyl (C=O) groups excluding carboxylic acids is 4. The van der Waals surface area contributed by atoms with Crippen molar-refractivity contribution >= 4 is 45.7 Å². The number of carboxylic acid groups (broad SMARTS) is 1. The third-order valence-corrected chi connectivity index (χ3v) is 9.93. The molecule has 6 heterocycles. The maximum absolute atomic E-state index is 11.6. The van der Waals surface area contributed by atoms with Crippen LogP contribution in [0, 0.1) is 0 Å². The lowest BCUT2D eigenvalue weighted by Crippen LogP contribution is -2.25. The molecule has 1 saturated heterocycles. The first-order chi connectivity index (χ1) is 32.4. The van der Waals surface area contributed by atoms with Crippen LogP contribution in [0.25, 0.3) is 0 Å². The van der Waals surface area contributed by atoms with Gasteiger partial charge in [-0.05, 0) is 99.9 Å². The molecule has 18 heteroatoms. The first-order valence-corrected chi connectivity index (χ1v) is 22.4. The van der Waals surface area contributed by atoms with Gasteiger partial charge in [-0.15, -0.1) is 0 Å². The topological polar surface area (TPSA) is 213 Å². The highest BCUT2D eigenvalue weighted by Crippen LogP contribution is 2.29. The van der Waals surface area contributed by atoms with Gasteiger partial charge >= 0.3 is 5.97 Å². The molecule has 1 aliphatic rings. The van der Waals surface area contributed by atoms with E-state index in [4.69, 9.17) is 24.2 Å². The number of amides is 1. The number of alkyl halides is 1. The number of ketones is 2. The minimum atomic E-state index is -0.942. The van der Waals surface area contributed by atoms with Crippen molar-refractivity contribution in [3.05, 3.63) is 150 Å². The number of rotatable bonds is 17. The SMILES string of the molecule is CN1CCCC1c1cccnc1.COC(C)CCBr.COC(CCC(=O)c1cccnc1)OC.CON(C)C(=O)c1cccnc1.O=C(O)c1cccnc1.O=CCCC(=O)c1cccnc1. The Labute approximate surface area is 402 Å². The largest absolute Gasteiger partial charge is 0.478 e. The number of likely N-dealkylation sites (tertiary alicyclic amines) is 1. The number of methoxy groups -OCH3 is 3. The molecule has 67 heavy (non-hydrogen) atoms. The van der Waals surface area contributed by atoms with Gasteiger partial charge < -0.3 is 24.1 Å². The van der Waals surface area contributed by atoms with Gasteiger partial charge in [0.05, 0.1) is 24.3 Å². The fraction of sp³-hybridized carbons (Fsp3) is 0.388. The van der Waals surface area contributed by atoms with Gasteiger partial charge in [-0.25, -0.2) is 9.86 Å². The second kappa shape index (κ2) is 37.1. The van der Waals surface area contributed by atoms with Crippen molar-refractivity contribution in [2.24, 2.45) is 0 Å². The third-order valence-electron chi connectivity index (χ3n) is 9.47. The number of carboxylic acids is 1. The maximum Gasteiger partial charge on any atom is 0.337 e. The van der Waals surface area contributed by atoms with Crippen molar-refractivity contribution in [3.63, 3.8) is 0 Å². The number of pyridine rings is 5. The average molecular weight is 991 g/mol. The zero-order valence-electron chi connectivity index (χ0n) is 39.4. The van der Waals surface area contributed by atoms with Crippen LogP contribution in [0.1, 0.15) is 105 Å². The highest BCUT2D eigenvalue weighted by Gasteiger charge is 2.22. The van der Waals surface area contributed by atoms with E-state index in [0.717, 1.165) is 23.1 Å². The van der Waals surface area contributed by atoms with Gasteiger partial charge in [-0.3, -0.25) is 49.0 Å². The summed E-state index contributed by atoms with van der Waals surface area (Å²) in [5.74, 6) is -1.12.